The Morgan fingerprint density at radius 1 is 1.71 bits per heavy atom. The van der Waals surface area contributed by atoms with Gasteiger partial charge < -0.3 is 15.6 Å². The summed E-state index contributed by atoms with van der Waals surface area (Å²) in [6, 6.07) is 0. The van der Waals surface area contributed by atoms with E-state index in [0.29, 0.717) is 13.1 Å². The average molecular weight is 196 g/mol. The molecule has 1 rings (SSSR count). The summed E-state index contributed by atoms with van der Waals surface area (Å²) >= 11 is 0. The zero-order chi connectivity index (χ0) is 10.6. The monoisotopic (exact) mass is 196 g/mol. The first-order valence-electron chi connectivity index (χ1n) is 4.15. The summed E-state index contributed by atoms with van der Waals surface area (Å²) < 4.78 is 0. The Hall–Kier alpha value is -1.69. The van der Waals surface area contributed by atoms with Crippen LogP contribution in [0.25, 0.3) is 0 Å². The second-order valence-electron chi connectivity index (χ2n) is 2.81. The van der Waals surface area contributed by atoms with E-state index in [1.165, 1.54) is 11.1 Å². The van der Waals surface area contributed by atoms with Crippen LogP contribution >= 0.6 is 0 Å². The highest BCUT2D eigenvalue weighted by molar-refractivity contribution is 5.91. The number of amides is 1. The average Bonchev–Trinajstić information content (AvgIpc) is 2.18. The van der Waals surface area contributed by atoms with E-state index in [4.69, 9.17) is 5.73 Å². The van der Waals surface area contributed by atoms with E-state index in [-0.39, 0.29) is 17.2 Å². The molecule has 6 heteroatoms. The van der Waals surface area contributed by atoms with Gasteiger partial charge in [0.2, 0.25) is 0 Å². The normalized spacial score (nSPS) is 9.86. The van der Waals surface area contributed by atoms with Gasteiger partial charge >= 0.3 is 0 Å². The lowest BCUT2D eigenvalue weighted by Gasteiger charge is -2.14. The quantitative estimate of drug-likeness (QED) is 0.635. The molecule has 0 saturated carbocycles. The van der Waals surface area contributed by atoms with Crippen molar-refractivity contribution in [3.8, 4) is 0 Å². The molecule has 3 N–H and O–H groups in total. The SMILES string of the molecule is CN(CCN)C(=O)c1c[nH]c(=O)cn1. The van der Waals surface area contributed by atoms with Gasteiger partial charge in [0.05, 0.1) is 6.20 Å². The number of H-pyrrole nitrogens is 1. The van der Waals surface area contributed by atoms with E-state index in [9.17, 15) is 9.59 Å². The predicted molar refractivity (Wildman–Crippen MR) is 50.9 cm³/mol. The Morgan fingerprint density at radius 2 is 2.43 bits per heavy atom. The van der Waals surface area contributed by atoms with Crippen molar-refractivity contribution >= 4 is 5.91 Å². The van der Waals surface area contributed by atoms with E-state index >= 15 is 0 Å². The summed E-state index contributed by atoms with van der Waals surface area (Å²) in [6.45, 7) is 0.852. The molecule has 0 bridgehead atoms. The number of likely N-dealkylation sites (N-methyl/N-ethyl adjacent to an activating group) is 1. The summed E-state index contributed by atoms with van der Waals surface area (Å²) in [5.41, 5.74) is 5.18. The fourth-order valence-corrected chi connectivity index (χ4v) is 0.950. The van der Waals surface area contributed by atoms with Crippen LogP contribution in [-0.4, -0.2) is 40.9 Å². The second-order valence-corrected chi connectivity index (χ2v) is 2.81. The summed E-state index contributed by atoms with van der Waals surface area (Å²) in [7, 11) is 1.63. The lowest BCUT2D eigenvalue weighted by atomic mass is 10.4. The van der Waals surface area contributed by atoms with Crippen molar-refractivity contribution in [3.63, 3.8) is 0 Å². The summed E-state index contributed by atoms with van der Waals surface area (Å²) in [4.78, 5) is 29.7. The Morgan fingerprint density at radius 3 is 2.93 bits per heavy atom. The molecule has 1 aromatic rings. The number of rotatable bonds is 3. The van der Waals surface area contributed by atoms with E-state index in [1.807, 2.05) is 0 Å². The molecule has 6 nitrogen and oxygen atoms in total. The molecule has 0 aliphatic rings. The van der Waals surface area contributed by atoms with Crippen molar-refractivity contribution in [3.05, 3.63) is 28.4 Å². The van der Waals surface area contributed by atoms with Crippen molar-refractivity contribution in [1.29, 1.82) is 0 Å². The van der Waals surface area contributed by atoms with Gasteiger partial charge in [-0.2, -0.15) is 0 Å². The molecular formula is C8H12N4O2. The molecule has 1 aromatic heterocycles. The largest absolute Gasteiger partial charge is 0.339 e. The van der Waals surface area contributed by atoms with Crippen LogP contribution < -0.4 is 11.3 Å². The van der Waals surface area contributed by atoms with Crippen LogP contribution in [0.3, 0.4) is 0 Å². The van der Waals surface area contributed by atoms with Crippen LogP contribution in [0.1, 0.15) is 10.5 Å². The van der Waals surface area contributed by atoms with Crippen LogP contribution in [-0.2, 0) is 0 Å². The van der Waals surface area contributed by atoms with Crippen molar-refractivity contribution in [2.45, 2.75) is 0 Å². The fourth-order valence-electron chi connectivity index (χ4n) is 0.950. The molecule has 1 amide bonds. The zero-order valence-electron chi connectivity index (χ0n) is 7.86. The summed E-state index contributed by atoms with van der Waals surface area (Å²) in [5.74, 6) is -0.258. The molecule has 0 aliphatic heterocycles. The Labute approximate surface area is 80.8 Å². The van der Waals surface area contributed by atoms with Crippen molar-refractivity contribution in [2.75, 3.05) is 20.1 Å². The van der Waals surface area contributed by atoms with Crippen molar-refractivity contribution < 1.29 is 4.79 Å². The third-order valence-electron chi connectivity index (χ3n) is 1.70. The number of aromatic nitrogens is 2. The van der Waals surface area contributed by atoms with E-state index in [1.54, 1.807) is 7.05 Å². The van der Waals surface area contributed by atoms with Gasteiger partial charge in [0.25, 0.3) is 11.5 Å². The maximum Gasteiger partial charge on any atom is 0.273 e. The number of nitrogens with one attached hydrogen (secondary N) is 1. The highest BCUT2D eigenvalue weighted by atomic mass is 16.2. The lowest BCUT2D eigenvalue weighted by molar-refractivity contribution is 0.0792. The van der Waals surface area contributed by atoms with Gasteiger partial charge in [0, 0.05) is 26.3 Å². The first kappa shape index (κ1) is 10.4. The van der Waals surface area contributed by atoms with E-state index in [0.717, 1.165) is 6.20 Å². The number of hydrogen-bond acceptors (Lipinski definition) is 4. The molecule has 0 aromatic carbocycles. The number of nitrogens with two attached hydrogens (primary N) is 1. The molecular weight excluding hydrogens is 184 g/mol. The summed E-state index contributed by atoms with van der Waals surface area (Å²) in [5, 5.41) is 0. The molecule has 0 spiro atoms. The van der Waals surface area contributed by atoms with Gasteiger partial charge in [-0.15, -0.1) is 0 Å². The smallest absolute Gasteiger partial charge is 0.273 e. The van der Waals surface area contributed by atoms with Gasteiger partial charge in [-0.25, -0.2) is 4.98 Å². The topological polar surface area (TPSA) is 92.1 Å². The molecule has 76 valence electrons. The highest BCUT2D eigenvalue weighted by Gasteiger charge is 2.11. The number of nitrogens with zero attached hydrogens (tertiary/aromatic N) is 2. The van der Waals surface area contributed by atoms with Crippen LogP contribution in [0.15, 0.2) is 17.2 Å². The number of carbonyl (C=O) groups excluding carboxylic acids is 1. The van der Waals surface area contributed by atoms with Crippen LogP contribution in [0.2, 0.25) is 0 Å². The van der Waals surface area contributed by atoms with Crippen LogP contribution in [0.4, 0.5) is 0 Å². The molecule has 1 heterocycles. The number of hydrogen-bond donors (Lipinski definition) is 2. The molecule has 0 unspecified atom stereocenters. The molecule has 0 saturated heterocycles. The standard InChI is InChI=1S/C8H12N4O2/c1-12(3-2-9)8(14)6-4-11-7(13)5-10-6/h4-5H,2-3,9H2,1H3,(H,11,13). The van der Waals surface area contributed by atoms with Crippen molar-refractivity contribution in [1.82, 2.24) is 14.9 Å². The minimum atomic E-state index is -0.331. The van der Waals surface area contributed by atoms with E-state index < -0.39 is 0 Å². The van der Waals surface area contributed by atoms with Gasteiger partial charge in [-0.1, -0.05) is 0 Å². The molecule has 0 atom stereocenters. The van der Waals surface area contributed by atoms with Gasteiger partial charge in [0.1, 0.15) is 5.69 Å². The minimum absolute atomic E-state index is 0.209. The maximum absolute atomic E-state index is 11.5. The number of carbonyl (C=O) groups is 1. The zero-order valence-corrected chi connectivity index (χ0v) is 7.86. The Bertz CT molecular complexity index is 353. The van der Waals surface area contributed by atoms with Crippen LogP contribution in [0.5, 0.6) is 0 Å². The molecule has 14 heavy (non-hydrogen) atoms. The number of aromatic amines is 1. The molecule has 0 radical (unpaired) electrons. The fraction of sp³-hybridized carbons (Fsp3) is 0.375. The molecule has 0 aliphatic carbocycles. The Balaban J connectivity index is 2.79. The lowest BCUT2D eigenvalue weighted by Crippen LogP contribution is -2.32. The highest BCUT2D eigenvalue weighted by Crippen LogP contribution is 1.94. The van der Waals surface area contributed by atoms with Gasteiger partial charge in [0.15, 0.2) is 0 Å². The van der Waals surface area contributed by atoms with Gasteiger partial charge in [-0.05, 0) is 0 Å². The van der Waals surface area contributed by atoms with Crippen molar-refractivity contribution in [2.24, 2.45) is 5.73 Å². The third-order valence-corrected chi connectivity index (χ3v) is 1.70. The third kappa shape index (κ3) is 2.40. The second kappa shape index (κ2) is 4.52. The van der Waals surface area contributed by atoms with Gasteiger partial charge in [-0.3, -0.25) is 9.59 Å². The minimum Gasteiger partial charge on any atom is -0.339 e. The molecule has 0 fully saturated rings. The summed E-state index contributed by atoms with van der Waals surface area (Å²) in [6.07, 6.45) is 2.36. The van der Waals surface area contributed by atoms with Crippen LogP contribution in [0, 0.1) is 0 Å². The first-order chi connectivity index (χ1) is 6.65. The Kier molecular flexibility index (Phi) is 3.35. The predicted octanol–water partition coefficient (Wildman–Crippen LogP) is -1.20. The maximum atomic E-state index is 11.5. The first-order valence-corrected chi connectivity index (χ1v) is 4.15. The van der Waals surface area contributed by atoms with E-state index in [2.05, 4.69) is 9.97 Å².